The number of aryl methyl sites for hydroxylation is 1. The first-order valence-corrected chi connectivity index (χ1v) is 8.48. The van der Waals surface area contributed by atoms with Crippen LogP contribution >= 0.6 is 0 Å². The van der Waals surface area contributed by atoms with E-state index in [2.05, 4.69) is 15.3 Å². The highest BCUT2D eigenvalue weighted by Gasteiger charge is 2.38. The fraction of sp³-hybridized carbons (Fsp3) is 0.500. The number of carboxylic acid groups (broad SMARTS) is 1. The Kier molecular flexibility index (Phi) is 5.13. The van der Waals surface area contributed by atoms with Gasteiger partial charge in [0.15, 0.2) is 0 Å². The number of nitrogens with one attached hydrogen (secondary N) is 1. The van der Waals surface area contributed by atoms with Crippen LogP contribution in [0, 0.1) is 11.2 Å². The Morgan fingerprint density at radius 2 is 2.16 bits per heavy atom. The molecule has 3 rings (SSSR count). The number of aromatic nitrogens is 2. The van der Waals surface area contributed by atoms with Crippen molar-refractivity contribution in [1.82, 2.24) is 15.3 Å². The van der Waals surface area contributed by atoms with Gasteiger partial charge in [0.05, 0.1) is 29.8 Å². The van der Waals surface area contributed by atoms with Crippen LogP contribution in [-0.2, 0) is 11.2 Å². The van der Waals surface area contributed by atoms with Crippen LogP contribution in [0.3, 0.4) is 0 Å². The molecule has 0 atom stereocenters. The van der Waals surface area contributed by atoms with Gasteiger partial charge in [0.25, 0.3) is 0 Å². The molecule has 2 N–H and O–H groups in total. The van der Waals surface area contributed by atoms with Crippen LogP contribution in [0.2, 0.25) is 0 Å². The molecule has 0 aliphatic carbocycles. The zero-order valence-electron chi connectivity index (χ0n) is 14.2. The number of halogens is 1. The minimum atomic E-state index is -0.756. The number of carboxylic acids is 1. The van der Waals surface area contributed by atoms with Crippen molar-refractivity contribution < 1.29 is 19.0 Å². The molecule has 134 valence electrons. The monoisotopic (exact) mass is 347 g/mol. The molecule has 1 aliphatic rings. The zero-order valence-corrected chi connectivity index (χ0v) is 14.2. The molecule has 0 radical (unpaired) electrons. The van der Waals surface area contributed by atoms with E-state index in [4.69, 9.17) is 4.74 Å². The van der Waals surface area contributed by atoms with E-state index >= 15 is 0 Å². The normalized spacial score (nSPS) is 16.7. The molecule has 0 unspecified atom stereocenters. The molecule has 0 spiro atoms. The van der Waals surface area contributed by atoms with Gasteiger partial charge in [-0.1, -0.05) is 0 Å². The van der Waals surface area contributed by atoms with Gasteiger partial charge in [0.1, 0.15) is 5.82 Å². The summed E-state index contributed by atoms with van der Waals surface area (Å²) in [6.45, 7) is 1.41. The van der Waals surface area contributed by atoms with E-state index in [1.807, 2.05) is 0 Å². The van der Waals surface area contributed by atoms with Gasteiger partial charge in [-0.2, -0.15) is 0 Å². The molecular weight excluding hydrogens is 325 g/mol. The van der Waals surface area contributed by atoms with E-state index < -0.39 is 17.2 Å². The van der Waals surface area contributed by atoms with Gasteiger partial charge in [-0.15, -0.1) is 0 Å². The van der Waals surface area contributed by atoms with Crippen LogP contribution in [0.5, 0.6) is 5.88 Å². The fourth-order valence-electron chi connectivity index (χ4n) is 3.51. The number of hydrogen-bond donors (Lipinski definition) is 2. The van der Waals surface area contributed by atoms with Gasteiger partial charge in [-0.3, -0.25) is 9.78 Å². The minimum Gasteiger partial charge on any atom is -0.481 e. The van der Waals surface area contributed by atoms with Crippen molar-refractivity contribution in [3.8, 4) is 5.88 Å². The number of pyridine rings is 2. The molecular formula is C18H22FN3O3. The Balaban J connectivity index is 1.80. The van der Waals surface area contributed by atoms with Crippen molar-refractivity contribution >= 4 is 17.0 Å². The van der Waals surface area contributed by atoms with Crippen molar-refractivity contribution in [2.45, 2.75) is 32.1 Å². The highest BCUT2D eigenvalue weighted by Crippen LogP contribution is 2.35. The molecule has 1 saturated heterocycles. The summed E-state index contributed by atoms with van der Waals surface area (Å²) in [5.74, 6) is -0.765. The fourth-order valence-corrected chi connectivity index (χ4v) is 3.51. The number of rotatable bonds is 6. The Labute approximate surface area is 145 Å². The highest BCUT2D eigenvalue weighted by molar-refractivity contribution is 5.78. The summed E-state index contributed by atoms with van der Waals surface area (Å²) in [6, 6.07) is 3.43. The third-order valence-electron chi connectivity index (χ3n) is 5.05. The molecule has 25 heavy (non-hydrogen) atoms. The average Bonchev–Trinajstić information content (AvgIpc) is 2.63. The number of carbonyl (C=O) groups is 1. The van der Waals surface area contributed by atoms with E-state index in [9.17, 15) is 14.3 Å². The molecule has 0 aromatic carbocycles. The van der Waals surface area contributed by atoms with Crippen molar-refractivity contribution in [2.75, 3.05) is 20.2 Å². The molecule has 1 fully saturated rings. The van der Waals surface area contributed by atoms with Crippen LogP contribution in [0.1, 0.15) is 31.2 Å². The lowest BCUT2D eigenvalue weighted by Gasteiger charge is -2.33. The topological polar surface area (TPSA) is 84.3 Å². The predicted molar refractivity (Wildman–Crippen MR) is 91.2 cm³/mol. The molecule has 2 aromatic rings. The predicted octanol–water partition coefficient (Wildman–Crippen LogP) is 2.55. The van der Waals surface area contributed by atoms with Gasteiger partial charge >= 0.3 is 5.97 Å². The smallest absolute Gasteiger partial charge is 0.309 e. The van der Waals surface area contributed by atoms with Gasteiger partial charge in [-0.05, 0) is 51.3 Å². The second-order valence-electron chi connectivity index (χ2n) is 6.50. The van der Waals surface area contributed by atoms with Crippen molar-refractivity contribution in [1.29, 1.82) is 0 Å². The summed E-state index contributed by atoms with van der Waals surface area (Å²) in [6.07, 6.45) is 3.94. The molecule has 0 saturated carbocycles. The lowest BCUT2D eigenvalue weighted by Crippen LogP contribution is -2.42. The summed E-state index contributed by atoms with van der Waals surface area (Å²) in [5, 5.41) is 12.8. The number of hydrogen-bond acceptors (Lipinski definition) is 5. The summed E-state index contributed by atoms with van der Waals surface area (Å²) in [7, 11) is 1.51. The van der Waals surface area contributed by atoms with E-state index in [0.717, 1.165) is 0 Å². The van der Waals surface area contributed by atoms with Crippen molar-refractivity contribution in [2.24, 2.45) is 5.41 Å². The Bertz CT molecular complexity index is 775. The standard InChI is InChI=1S/C18H22FN3O3/c1-25-15-5-4-14-16(22-15)12(13(19)11-21-14)3-2-6-18(17(23)24)7-9-20-10-8-18/h4-5,11,20H,2-3,6-10H2,1H3,(H,23,24). The second kappa shape index (κ2) is 7.31. The molecule has 3 heterocycles. The summed E-state index contributed by atoms with van der Waals surface area (Å²) < 4.78 is 19.4. The summed E-state index contributed by atoms with van der Waals surface area (Å²) >= 11 is 0. The van der Waals surface area contributed by atoms with Gasteiger partial charge in [0, 0.05) is 11.6 Å². The van der Waals surface area contributed by atoms with Crippen molar-refractivity contribution in [3.05, 3.63) is 29.7 Å². The Morgan fingerprint density at radius 1 is 1.40 bits per heavy atom. The maximum atomic E-state index is 14.3. The molecule has 2 aromatic heterocycles. The number of piperidine rings is 1. The van der Waals surface area contributed by atoms with E-state index in [1.54, 1.807) is 12.1 Å². The molecule has 6 nitrogen and oxygen atoms in total. The third kappa shape index (κ3) is 3.56. The van der Waals surface area contributed by atoms with Crippen LogP contribution in [0.15, 0.2) is 18.3 Å². The van der Waals surface area contributed by atoms with Crippen LogP contribution in [0.4, 0.5) is 4.39 Å². The lowest BCUT2D eigenvalue weighted by molar-refractivity contribution is -0.151. The first-order valence-electron chi connectivity index (χ1n) is 8.48. The molecule has 7 heteroatoms. The summed E-state index contributed by atoms with van der Waals surface area (Å²) in [5.41, 5.74) is 0.842. The van der Waals surface area contributed by atoms with E-state index in [1.165, 1.54) is 13.3 Å². The largest absolute Gasteiger partial charge is 0.481 e. The number of aliphatic carboxylic acids is 1. The van der Waals surface area contributed by atoms with Gasteiger partial charge < -0.3 is 15.2 Å². The maximum Gasteiger partial charge on any atom is 0.309 e. The Morgan fingerprint density at radius 3 is 2.84 bits per heavy atom. The molecule has 0 amide bonds. The minimum absolute atomic E-state index is 0.404. The number of ether oxygens (including phenoxy) is 1. The molecule has 1 aliphatic heterocycles. The van der Waals surface area contributed by atoms with Crippen molar-refractivity contribution in [3.63, 3.8) is 0 Å². The van der Waals surface area contributed by atoms with Crippen LogP contribution in [0.25, 0.3) is 11.0 Å². The maximum absolute atomic E-state index is 14.3. The van der Waals surface area contributed by atoms with Crippen LogP contribution in [-0.4, -0.2) is 41.2 Å². The van der Waals surface area contributed by atoms with Gasteiger partial charge in [0.2, 0.25) is 5.88 Å². The lowest BCUT2D eigenvalue weighted by atomic mass is 9.75. The average molecular weight is 347 g/mol. The first-order chi connectivity index (χ1) is 12.1. The Hall–Kier alpha value is -2.28. The third-order valence-corrected chi connectivity index (χ3v) is 5.05. The molecule has 0 bridgehead atoms. The zero-order chi connectivity index (χ0) is 17.9. The second-order valence-corrected chi connectivity index (χ2v) is 6.50. The number of nitrogens with zero attached hydrogens (tertiary/aromatic N) is 2. The SMILES string of the molecule is COc1ccc2ncc(F)c(CCCC3(C(=O)O)CCNCC3)c2n1. The number of methoxy groups -OCH3 is 1. The van der Waals surface area contributed by atoms with Crippen LogP contribution < -0.4 is 10.1 Å². The van der Waals surface area contributed by atoms with E-state index in [0.29, 0.717) is 67.7 Å². The highest BCUT2D eigenvalue weighted by atomic mass is 19.1. The first kappa shape index (κ1) is 17.5. The van der Waals surface area contributed by atoms with Gasteiger partial charge in [-0.25, -0.2) is 9.37 Å². The summed E-state index contributed by atoms with van der Waals surface area (Å²) in [4.78, 5) is 20.1. The quantitative estimate of drug-likeness (QED) is 0.835. The van der Waals surface area contributed by atoms with E-state index in [-0.39, 0.29) is 0 Å². The number of fused-ring (bicyclic) bond motifs is 1.